The number of rotatable bonds is 5. The Morgan fingerprint density at radius 2 is 2.07 bits per heavy atom. The molecule has 0 unspecified atom stereocenters. The number of nitrogens with one attached hydrogen (secondary N) is 1. The molecule has 0 bridgehead atoms. The highest BCUT2D eigenvalue weighted by Crippen LogP contribution is 2.26. The molecule has 0 spiro atoms. The summed E-state index contributed by atoms with van der Waals surface area (Å²) in [5.41, 5.74) is 1.36. The van der Waals surface area contributed by atoms with Gasteiger partial charge in [-0.3, -0.25) is 19.8 Å². The Morgan fingerprint density at radius 3 is 2.81 bits per heavy atom. The van der Waals surface area contributed by atoms with Gasteiger partial charge in [0.2, 0.25) is 5.91 Å². The maximum absolute atomic E-state index is 12.6. The molecule has 142 valence electrons. The molecule has 0 aliphatic carbocycles. The van der Waals surface area contributed by atoms with E-state index in [1.54, 1.807) is 24.3 Å². The molecular formula is C19H19Cl2N3O3. The molecule has 1 fully saturated rings. The van der Waals surface area contributed by atoms with Gasteiger partial charge in [0.15, 0.2) is 0 Å². The summed E-state index contributed by atoms with van der Waals surface area (Å²) in [6.45, 7) is 2.15. The number of nitro groups is 1. The van der Waals surface area contributed by atoms with E-state index in [-0.39, 0.29) is 17.5 Å². The van der Waals surface area contributed by atoms with E-state index in [2.05, 4.69) is 10.2 Å². The second kappa shape index (κ2) is 8.69. The first-order valence-electron chi connectivity index (χ1n) is 8.64. The van der Waals surface area contributed by atoms with Crippen LogP contribution in [-0.4, -0.2) is 28.8 Å². The number of piperidine rings is 1. The Balaban J connectivity index is 1.62. The molecule has 1 saturated heterocycles. The summed E-state index contributed by atoms with van der Waals surface area (Å²) in [4.78, 5) is 25.2. The smallest absolute Gasteiger partial charge is 0.271 e. The summed E-state index contributed by atoms with van der Waals surface area (Å²) in [6.07, 6.45) is 1.68. The second-order valence-electron chi connectivity index (χ2n) is 6.61. The van der Waals surface area contributed by atoms with E-state index < -0.39 is 4.92 Å². The molecule has 3 rings (SSSR count). The molecular weight excluding hydrogens is 389 g/mol. The summed E-state index contributed by atoms with van der Waals surface area (Å²) in [7, 11) is 0. The summed E-state index contributed by atoms with van der Waals surface area (Å²) in [5, 5.41) is 14.9. The van der Waals surface area contributed by atoms with E-state index in [4.69, 9.17) is 23.2 Å². The molecule has 8 heteroatoms. The Bertz CT molecular complexity index is 860. The zero-order chi connectivity index (χ0) is 19.4. The molecule has 1 N–H and O–H groups in total. The fourth-order valence-electron chi connectivity index (χ4n) is 3.25. The van der Waals surface area contributed by atoms with Gasteiger partial charge >= 0.3 is 0 Å². The van der Waals surface area contributed by atoms with Crippen LogP contribution in [0.15, 0.2) is 42.5 Å². The molecule has 6 nitrogen and oxygen atoms in total. The molecule has 0 saturated carbocycles. The molecule has 1 aliphatic rings. The third-order valence-corrected chi connectivity index (χ3v) is 5.20. The van der Waals surface area contributed by atoms with Gasteiger partial charge in [-0.25, -0.2) is 0 Å². The fourth-order valence-corrected chi connectivity index (χ4v) is 3.71. The van der Waals surface area contributed by atoms with E-state index in [1.807, 2.05) is 6.07 Å². The lowest BCUT2D eigenvalue weighted by Gasteiger charge is -2.32. The van der Waals surface area contributed by atoms with Crippen molar-refractivity contribution in [1.82, 2.24) is 4.90 Å². The second-order valence-corrected chi connectivity index (χ2v) is 7.45. The summed E-state index contributed by atoms with van der Waals surface area (Å²) < 4.78 is 0. The molecule has 2 aromatic carbocycles. The highest BCUT2D eigenvalue weighted by atomic mass is 35.5. The van der Waals surface area contributed by atoms with E-state index in [0.717, 1.165) is 24.9 Å². The molecule has 1 aliphatic heterocycles. The fraction of sp³-hybridized carbons (Fsp3) is 0.316. The van der Waals surface area contributed by atoms with Crippen molar-refractivity contribution >= 4 is 40.5 Å². The van der Waals surface area contributed by atoms with E-state index >= 15 is 0 Å². The minimum Gasteiger partial charge on any atom is -0.326 e. The first-order valence-corrected chi connectivity index (χ1v) is 9.39. The molecule has 27 heavy (non-hydrogen) atoms. The van der Waals surface area contributed by atoms with E-state index in [9.17, 15) is 14.9 Å². The van der Waals surface area contributed by atoms with Gasteiger partial charge in [-0.05, 0) is 43.1 Å². The summed E-state index contributed by atoms with van der Waals surface area (Å²) >= 11 is 12.2. The molecule has 1 heterocycles. The van der Waals surface area contributed by atoms with Crippen molar-refractivity contribution in [3.63, 3.8) is 0 Å². The zero-order valence-corrected chi connectivity index (χ0v) is 16.0. The monoisotopic (exact) mass is 407 g/mol. The van der Waals surface area contributed by atoms with Crippen LogP contribution < -0.4 is 5.32 Å². The molecule has 2 aromatic rings. The summed E-state index contributed by atoms with van der Waals surface area (Å²) in [5.74, 6) is -0.300. The average molecular weight is 408 g/mol. The molecule has 1 atom stereocenters. The number of carbonyl (C=O) groups excluding carboxylic acids is 1. The third-order valence-electron chi connectivity index (χ3n) is 4.61. The van der Waals surface area contributed by atoms with Gasteiger partial charge < -0.3 is 5.32 Å². The van der Waals surface area contributed by atoms with Crippen LogP contribution in [-0.2, 0) is 11.3 Å². The van der Waals surface area contributed by atoms with Crippen LogP contribution in [0.25, 0.3) is 0 Å². The van der Waals surface area contributed by atoms with Gasteiger partial charge in [-0.1, -0.05) is 35.3 Å². The van der Waals surface area contributed by atoms with E-state index in [1.165, 1.54) is 12.1 Å². The molecule has 1 amide bonds. The molecule has 0 aromatic heterocycles. The zero-order valence-electron chi connectivity index (χ0n) is 14.5. The maximum Gasteiger partial charge on any atom is 0.271 e. The number of halogens is 2. The standard InChI is InChI=1S/C19H19Cl2N3O3/c20-15-7-6-13(18(21)9-15)11-23-8-2-3-14(12-23)19(25)22-16-4-1-5-17(10-16)24(26)27/h1,4-7,9-10,14H,2-3,8,11-12H2,(H,22,25)/t14-/m1/s1. The SMILES string of the molecule is O=C(Nc1cccc([N+](=O)[O-])c1)[C@@H]1CCCN(Cc2ccc(Cl)cc2Cl)C1. The van der Waals surface area contributed by atoms with Crippen molar-refractivity contribution in [3.8, 4) is 0 Å². The van der Waals surface area contributed by atoms with Crippen LogP contribution in [0.3, 0.4) is 0 Å². The first-order chi connectivity index (χ1) is 12.9. The van der Waals surface area contributed by atoms with Crippen molar-refractivity contribution in [1.29, 1.82) is 0 Å². The van der Waals surface area contributed by atoms with Gasteiger partial charge in [0.05, 0.1) is 10.8 Å². The lowest BCUT2D eigenvalue weighted by molar-refractivity contribution is -0.384. The number of benzene rings is 2. The normalized spacial score (nSPS) is 17.5. The summed E-state index contributed by atoms with van der Waals surface area (Å²) in [6, 6.07) is 11.4. The lowest BCUT2D eigenvalue weighted by Crippen LogP contribution is -2.40. The number of carbonyl (C=O) groups is 1. The highest BCUT2D eigenvalue weighted by molar-refractivity contribution is 6.35. The van der Waals surface area contributed by atoms with Crippen molar-refractivity contribution in [2.24, 2.45) is 5.92 Å². The van der Waals surface area contributed by atoms with Crippen LogP contribution in [0.2, 0.25) is 10.0 Å². The van der Waals surface area contributed by atoms with Crippen LogP contribution >= 0.6 is 23.2 Å². The lowest BCUT2D eigenvalue weighted by atomic mass is 9.96. The average Bonchev–Trinajstić information content (AvgIpc) is 2.64. The number of amides is 1. The number of nitro benzene ring substituents is 1. The minimum absolute atomic E-state index is 0.0459. The van der Waals surface area contributed by atoms with Gasteiger partial charge in [-0.15, -0.1) is 0 Å². The molecule has 0 radical (unpaired) electrons. The van der Waals surface area contributed by atoms with E-state index in [0.29, 0.717) is 28.8 Å². The predicted molar refractivity (Wildman–Crippen MR) is 106 cm³/mol. The predicted octanol–water partition coefficient (Wildman–Crippen LogP) is 4.75. The largest absolute Gasteiger partial charge is 0.326 e. The maximum atomic E-state index is 12.6. The minimum atomic E-state index is -0.478. The third kappa shape index (κ3) is 5.19. The highest BCUT2D eigenvalue weighted by Gasteiger charge is 2.26. The number of hydrogen-bond acceptors (Lipinski definition) is 4. The Kier molecular flexibility index (Phi) is 6.31. The van der Waals surface area contributed by atoms with Gasteiger partial charge in [-0.2, -0.15) is 0 Å². The van der Waals surface area contributed by atoms with Crippen molar-refractivity contribution < 1.29 is 9.72 Å². The Hall–Kier alpha value is -2.15. The first kappa shape index (κ1) is 19.6. The van der Waals surface area contributed by atoms with Crippen LogP contribution in [0.4, 0.5) is 11.4 Å². The quantitative estimate of drug-likeness (QED) is 0.572. The van der Waals surface area contributed by atoms with Crippen molar-refractivity contribution in [2.45, 2.75) is 19.4 Å². The Morgan fingerprint density at radius 1 is 1.26 bits per heavy atom. The van der Waals surface area contributed by atoms with Crippen LogP contribution in [0, 0.1) is 16.0 Å². The number of likely N-dealkylation sites (tertiary alicyclic amines) is 1. The van der Waals surface area contributed by atoms with Gasteiger partial charge in [0.1, 0.15) is 0 Å². The van der Waals surface area contributed by atoms with Crippen LogP contribution in [0.1, 0.15) is 18.4 Å². The number of hydrogen-bond donors (Lipinski definition) is 1. The van der Waals surface area contributed by atoms with Crippen LogP contribution in [0.5, 0.6) is 0 Å². The van der Waals surface area contributed by atoms with Crippen molar-refractivity contribution in [3.05, 3.63) is 68.2 Å². The van der Waals surface area contributed by atoms with Crippen molar-refractivity contribution in [2.75, 3.05) is 18.4 Å². The van der Waals surface area contributed by atoms with Gasteiger partial charge in [0, 0.05) is 41.0 Å². The number of anilines is 1. The number of non-ortho nitro benzene ring substituents is 1. The Labute approximate surface area is 167 Å². The topological polar surface area (TPSA) is 75.5 Å². The van der Waals surface area contributed by atoms with Gasteiger partial charge in [0.25, 0.3) is 5.69 Å². The number of nitrogens with zero attached hydrogens (tertiary/aromatic N) is 2.